The van der Waals surface area contributed by atoms with Crippen LogP contribution in [-0.2, 0) is 4.74 Å². The molecule has 0 amide bonds. The van der Waals surface area contributed by atoms with Crippen molar-refractivity contribution in [2.24, 2.45) is 5.41 Å². The molecular formula is C11H15NO5. The zero-order valence-corrected chi connectivity index (χ0v) is 9.24. The van der Waals surface area contributed by atoms with Crippen LogP contribution in [0.2, 0.25) is 0 Å². The van der Waals surface area contributed by atoms with Crippen LogP contribution in [0.25, 0.3) is 0 Å². The number of ether oxygens (including phenoxy) is 1. The van der Waals surface area contributed by atoms with E-state index in [-0.39, 0.29) is 12.2 Å². The maximum absolute atomic E-state index is 11.5. The van der Waals surface area contributed by atoms with E-state index >= 15 is 0 Å². The number of aliphatic hydroxyl groups is 3. The number of rotatable bonds is 6. The summed E-state index contributed by atoms with van der Waals surface area (Å²) in [5.41, 5.74) is -0.937. The van der Waals surface area contributed by atoms with Gasteiger partial charge in [0.05, 0.1) is 30.8 Å². The molecule has 0 spiro atoms. The fourth-order valence-electron chi connectivity index (χ4n) is 1.07. The van der Waals surface area contributed by atoms with Crippen molar-refractivity contribution in [1.29, 1.82) is 0 Å². The van der Waals surface area contributed by atoms with E-state index in [1.54, 1.807) is 6.07 Å². The molecule has 3 N–H and O–H groups in total. The largest absolute Gasteiger partial charge is 0.461 e. The van der Waals surface area contributed by atoms with Gasteiger partial charge in [0, 0.05) is 12.4 Å². The van der Waals surface area contributed by atoms with Crippen molar-refractivity contribution in [3.05, 3.63) is 30.1 Å². The van der Waals surface area contributed by atoms with E-state index < -0.39 is 31.2 Å². The SMILES string of the molecule is O=C(OCC(CO)(CO)CO)c1cccnc1. The van der Waals surface area contributed by atoms with Gasteiger partial charge in [0.15, 0.2) is 0 Å². The second kappa shape index (κ2) is 6.29. The molecule has 0 aliphatic carbocycles. The summed E-state index contributed by atoms with van der Waals surface area (Å²) in [5.74, 6) is -0.613. The van der Waals surface area contributed by atoms with Gasteiger partial charge in [0.25, 0.3) is 0 Å². The highest BCUT2D eigenvalue weighted by Gasteiger charge is 2.30. The van der Waals surface area contributed by atoms with E-state index in [0.717, 1.165) is 0 Å². The van der Waals surface area contributed by atoms with Crippen molar-refractivity contribution < 1.29 is 24.9 Å². The third-order valence-corrected chi connectivity index (χ3v) is 2.41. The summed E-state index contributed by atoms with van der Waals surface area (Å²) in [6.07, 6.45) is 2.87. The summed E-state index contributed by atoms with van der Waals surface area (Å²) < 4.78 is 4.91. The molecular weight excluding hydrogens is 226 g/mol. The first-order valence-electron chi connectivity index (χ1n) is 5.07. The molecule has 6 nitrogen and oxygen atoms in total. The molecule has 17 heavy (non-hydrogen) atoms. The molecule has 0 saturated heterocycles. The van der Waals surface area contributed by atoms with Crippen molar-refractivity contribution >= 4 is 5.97 Å². The lowest BCUT2D eigenvalue weighted by Gasteiger charge is -2.26. The maximum atomic E-state index is 11.5. The molecule has 1 rings (SSSR count). The second-order valence-corrected chi connectivity index (χ2v) is 3.79. The fourth-order valence-corrected chi connectivity index (χ4v) is 1.07. The molecule has 0 radical (unpaired) electrons. The second-order valence-electron chi connectivity index (χ2n) is 3.79. The van der Waals surface area contributed by atoms with Crippen LogP contribution in [0.3, 0.4) is 0 Å². The molecule has 1 aromatic rings. The number of hydrogen-bond donors (Lipinski definition) is 3. The third kappa shape index (κ3) is 3.48. The molecule has 0 aliphatic heterocycles. The summed E-state index contributed by atoms with van der Waals surface area (Å²) in [5, 5.41) is 27.1. The predicted molar refractivity (Wildman–Crippen MR) is 58.2 cm³/mol. The van der Waals surface area contributed by atoms with E-state index in [2.05, 4.69) is 4.98 Å². The van der Waals surface area contributed by atoms with Gasteiger partial charge in [-0.1, -0.05) is 0 Å². The van der Waals surface area contributed by atoms with Crippen molar-refractivity contribution in [3.63, 3.8) is 0 Å². The van der Waals surface area contributed by atoms with Crippen LogP contribution < -0.4 is 0 Å². The van der Waals surface area contributed by atoms with Crippen LogP contribution in [-0.4, -0.2) is 52.7 Å². The standard InChI is InChI=1S/C11H15NO5/c13-5-11(6-14,7-15)8-17-10(16)9-2-1-3-12-4-9/h1-4,13-15H,5-8H2. The van der Waals surface area contributed by atoms with E-state index in [4.69, 9.17) is 20.1 Å². The van der Waals surface area contributed by atoms with Crippen molar-refractivity contribution in [3.8, 4) is 0 Å². The number of aromatic nitrogens is 1. The summed E-state index contributed by atoms with van der Waals surface area (Å²) in [7, 11) is 0. The molecule has 0 bridgehead atoms. The molecule has 0 aliphatic rings. The Morgan fingerprint density at radius 2 is 1.94 bits per heavy atom. The lowest BCUT2D eigenvalue weighted by atomic mass is 9.93. The highest BCUT2D eigenvalue weighted by molar-refractivity contribution is 5.88. The van der Waals surface area contributed by atoms with Crippen LogP contribution in [0, 0.1) is 5.41 Å². The van der Waals surface area contributed by atoms with Crippen molar-refractivity contribution in [1.82, 2.24) is 4.98 Å². The highest BCUT2D eigenvalue weighted by Crippen LogP contribution is 2.15. The number of pyridine rings is 1. The Hall–Kier alpha value is -1.50. The summed E-state index contributed by atoms with van der Waals surface area (Å²) in [6.45, 7) is -1.68. The quantitative estimate of drug-likeness (QED) is 0.564. The Balaban J connectivity index is 2.59. The smallest absolute Gasteiger partial charge is 0.339 e. The molecule has 0 fully saturated rings. The number of hydrogen-bond acceptors (Lipinski definition) is 6. The number of nitrogens with zero attached hydrogens (tertiary/aromatic N) is 1. The minimum Gasteiger partial charge on any atom is -0.461 e. The van der Waals surface area contributed by atoms with Crippen LogP contribution in [0.1, 0.15) is 10.4 Å². The van der Waals surface area contributed by atoms with Gasteiger partial charge in [-0.05, 0) is 12.1 Å². The fraction of sp³-hybridized carbons (Fsp3) is 0.455. The summed E-state index contributed by atoms with van der Waals surface area (Å²) >= 11 is 0. The Morgan fingerprint density at radius 1 is 1.29 bits per heavy atom. The molecule has 0 unspecified atom stereocenters. The minimum atomic E-state index is -1.21. The number of aliphatic hydroxyl groups excluding tert-OH is 3. The van der Waals surface area contributed by atoms with E-state index in [9.17, 15) is 4.79 Å². The van der Waals surface area contributed by atoms with Gasteiger partial charge in [-0.2, -0.15) is 0 Å². The lowest BCUT2D eigenvalue weighted by Crippen LogP contribution is -2.39. The van der Waals surface area contributed by atoms with Gasteiger partial charge in [-0.25, -0.2) is 4.79 Å². The summed E-state index contributed by atoms with van der Waals surface area (Å²) in [4.78, 5) is 15.3. The van der Waals surface area contributed by atoms with Crippen molar-refractivity contribution in [2.45, 2.75) is 0 Å². The summed E-state index contributed by atoms with van der Waals surface area (Å²) in [6, 6.07) is 3.13. The molecule has 0 saturated carbocycles. The maximum Gasteiger partial charge on any atom is 0.339 e. The molecule has 1 aromatic heterocycles. The molecule has 6 heteroatoms. The predicted octanol–water partition coefficient (Wildman–Crippen LogP) is -0.798. The Kier molecular flexibility index (Phi) is 5.02. The average molecular weight is 241 g/mol. The molecule has 0 aromatic carbocycles. The minimum absolute atomic E-state index is 0.260. The Labute approximate surface area is 98.5 Å². The topological polar surface area (TPSA) is 99.9 Å². The van der Waals surface area contributed by atoms with Gasteiger partial charge < -0.3 is 20.1 Å². The van der Waals surface area contributed by atoms with Gasteiger partial charge >= 0.3 is 5.97 Å². The van der Waals surface area contributed by atoms with Gasteiger partial charge in [-0.3, -0.25) is 4.98 Å². The van der Waals surface area contributed by atoms with E-state index in [1.807, 2.05) is 0 Å². The molecule has 94 valence electrons. The molecule has 0 atom stereocenters. The molecule has 1 heterocycles. The monoisotopic (exact) mass is 241 g/mol. The van der Waals surface area contributed by atoms with E-state index in [1.165, 1.54) is 18.5 Å². The van der Waals surface area contributed by atoms with Gasteiger partial charge in [0.2, 0.25) is 0 Å². The lowest BCUT2D eigenvalue weighted by molar-refractivity contribution is -0.0441. The zero-order chi connectivity index (χ0) is 12.7. The van der Waals surface area contributed by atoms with Gasteiger partial charge in [-0.15, -0.1) is 0 Å². The van der Waals surface area contributed by atoms with Crippen LogP contribution >= 0.6 is 0 Å². The van der Waals surface area contributed by atoms with E-state index in [0.29, 0.717) is 0 Å². The number of carbonyl (C=O) groups excluding carboxylic acids is 1. The average Bonchev–Trinajstić information content (AvgIpc) is 2.41. The third-order valence-electron chi connectivity index (χ3n) is 2.41. The first-order valence-corrected chi connectivity index (χ1v) is 5.07. The van der Waals surface area contributed by atoms with Crippen LogP contribution in [0.5, 0.6) is 0 Å². The highest BCUT2D eigenvalue weighted by atomic mass is 16.5. The van der Waals surface area contributed by atoms with Crippen molar-refractivity contribution in [2.75, 3.05) is 26.4 Å². The first-order chi connectivity index (χ1) is 8.17. The van der Waals surface area contributed by atoms with Crippen LogP contribution in [0.15, 0.2) is 24.5 Å². The first kappa shape index (κ1) is 13.6. The number of carbonyl (C=O) groups is 1. The number of esters is 1. The Bertz CT molecular complexity index is 342. The van der Waals surface area contributed by atoms with Crippen LogP contribution in [0.4, 0.5) is 0 Å². The zero-order valence-electron chi connectivity index (χ0n) is 9.24. The Morgan fingerprint density at radius 3 is 2.41 bits per heavy atom. The normalized spacial score (nSPS) is 11.2. The van der Waals surface area contributed by atoms with Gasteiger partial charge in [0.1, 0.15) is 6.61 Å².